The second-order valence-electron chi connectivity index (χ2n) is 6.34. The van der Waals surface area contributed by atoms with Crippen molar-refractivity contribution in [1.29, 1.82) is 0 Å². The van der Waals surface area contributed by atoms with E-state index in [0.29, 0.717) is 12.4 Å². The van der Waals surface area contributed by atoms with E-state index in [9.17, 15) is 4.79 Å². The van der Waals surface area contributed by atoms with E-state index in [-0.39, 0.29) is 11.9 Å². The molecule has 0 aliphatic rings. The smallest absolute Gasteiger partial charge is 0.262 e. The van der Waals surface area contributed by atoms with Crippen molar-refractivity contribution in [2.45, 2.75) is 25.5 Å². The Kier molecular flexibility index (Phi) is 5.66. The van der Waals surface area contributed by atoms with Crippen LogP contribution in [-0.4, -0.2) is 27.3 Å². The van der Waals surface area contributed by atoms with E-state index < -0.39 is 5.60 Å². The Morgan fingerprint density at radius 2 is 1.67 bits per heavy atom. The van der Waals surface area contributed by atoms with Crippen LogP contribution in [0.1, 0.15) is 36.8 Å². The number of nitrogens with zero attached hydrogens (tertiary/aromatic N) is 3. The highest BCUT2D eigenvalue weighted by Crippen LogP contribution is 2.34. The zero-order valence-corrected chi connectivity index (χ0v) is 15.8. The molecule has 0 radical (unpaired) electrons. The van der Waals surface area contributed by atoms with Crippen molar-refractivity contribution < 1.29 is 9.53 Å². The molecule has 6 nitrogen and oxygen atoms in total. The molecule has 140 valence electrons. The van der Waals surface area contributed by atoms with Crippen LogP contribution in [0.4, 0.5) is 0 Å². The van der Waals surface area contributed by atoms with Crippen LogP contribution in [0.25, 0.3) is 0 Å². The average Bonchev–Trinajstić information content (AvgIpc) is 3.13. The van der Waals surface area contributed by atoms with Gasteiger partial charge in [-0.3, -0.25) is 4.79 Å². The highest BCUT2D eigenvalue weighted by Gasteiger charge is 2.43. The number of benzene rings is 2. The van der Waals surface area contributed by atoms with Gasteiger partial charge < -0.3 is 14.6 Å². The maximum atomic E-state index is 13.6. The summed E-state index contributed by atoms with van der Waals surface area (Å²) in [6.45, 7) is 4.16. The van der Waals surface area contributed by atoms with Crippen molar-refractivity contribution in [3.63, 3.8) is 0 Å². The largest absolute Gasteiger partial charge is 0.356 e. The van der Waals surface area contributed by atoms with Gasteiger partial charge in [0.05, 0.1) is 6.04 Å². The maximum absolute atomic E-state index is 13.6. The maximum Gasteiger partial charge on any atom is 0.262 e. The first-order valence-electron chi connectivity index (χ1n) is 8.99. The molecule has 1 N–H and O–H groups in total. The Morgan fingerprint density at radius 3 is 2.11 bits per heavy atom. The van der Waals surface area contributed by atoms with Gasteiger partial charge in [-0.2, -0.15) is 0 Å². The molecule has 2 aromatic carbocycles. The predicted octanol–water partition coefficient (Wildman–Crippen LogP) is 2.97. The number of aromatic nitrogens is 3. The third kappa shape index (κ3) is 3.61. The molecule has 0 saturated heterocycles. The minimum atomic E-state index is -1.25. The summed E-state index contributed by atoms with van der Waals surface area (Å²) in [6, 6.07) is 18.8. The van der Waals surface area contributed by atoms with Crippen LogP contribution in [-0.2, 0) is 22.2 Å². The van der Waals surface area contributed by atoms with E-state index >= 15 is 0 Å². The van der Waals surface area contributed by atoms with Gasteiger partial charge in [0.15, 0.2) is 11.4 Å². The molecule has 0 aliphatic heterocycles. The molecule has 1 heterocycles. The minimum absolute atomic E-state index is 0.239. The molecule has 0 bridgehead atoms. The fraction of sp³-hybridized carbons (Fsp3) is 0.286. The van der Waals surface area contributed by atoms with Crippen molar-refractivity contribution >= 4 is 5.91 Å². The molecule has 0 saturated carbocycles. The molecule has 1 aromatic heterocycles. The predicted molar refractivity (Wildman–Crippen MR) is 103 cm³/mol. The van der Waals surface area contributed by atoms with Crippen molar-refractivity contribution in [1.82, 2.24) is 20.1 Å². The Hall–Kier alpha value is -2.99. The number of carbonyl (C=O) groups excluding carboxylic acids is 1. The Bertz CT molecular complexity index is 838. The van der Waals surface area contributed by atoms with E-state index in [0.717, 1.165) is 11.1 Å². The number of amides is 1. The van der Waals surface area contributed by atoms with Crippen LogP contribution in [0.15, 0.2) is 67.0 Å². The summed E-state index contributed by atoms with van der Waals surface area (Å²) < 4.78 is 7.95. The Labute approximate surface area is 159 Å². The molecule has 3 rings (SSSR count). The van der Waals surface area contributed by atoms with Crippen LogP contribution in [0, 0.1) is 0 Å². The van der Waals surface area contributed by atoms with Crippen LogP contribution < -0.4 is 5.32 Å². The van der Waals surface area contributed by atoms with Gasteiger partial charge in [0, 0.05) is 13.7 Å². The Balaban J connectivity index is 2.06. The fourth-order valence-corrected chi connectivity index (χ4v) is 3.27. The standard InChI is InChI=1S/C21H24N4O2/c1-4-27-21(17-11-7-5-8-12-17,18-13-9-6-10-14-18)20(26)23-16(2)19-24-22-15-25(19)3/h5-16H,4H2,1-3H3,(H,23,26)/t16-/m0/s1. The number of carbonyl (C=O) groups is 1. The molecule has 1 atom stereocenters. The van der Waals surface area contributed by atoms with Crippen LogP contribution in [0.5, 0.6) is 0 Å². The summed E-state index contributed by atoms with van der Waals surface area (Å²) in [5.74, 6) is 0.437. The summed E-state index contributed by atoms with van der Waals surface area (Å²) in [5.41, 5.74) is 0.311. The molecule has 0 spiro atoms. The summed E-state index contributed by atoms with van der Waals surface area (Å²) in [7, 11) is 1.85. The van der Waals surface area contributed by atoms with E-state index in [2.05, 4.69) is 15.5 Å². The number of hydrogen-bond donors (Lipinski definition) is 1. The molecule has 6 heteroatoms. The van der Waals surface area contributed by atoms with E-state index in [1.165, 1.54) is 0 Å². The first-order chi connectivity index (χ1) is 13.1. The summed E-state index contributed by atoms with van der Waals surface area (Å²) in [4.78, 5) is 13.6. The highest BCUT2D eigenvalue weighted by atomic mass is 16.5. The second-order valence-corrected chi connectivity index (χ2v) is 6.34. The molecule has 0 unspecified atom stereocenters. The lowest BCUT2D eigenvalue weighted by molar-refractivity contribution is -0.143. The van der Waals surface area contributed by atoms with Crippen LogP contribution in [0.2, 0.25) is 0 Å². The topological polar surface area (TPSA) is 69.0 Å². The molecule has 3 aromatic rings. The number of hydrogen-bond acceptors (Lipinski definition) is 4. The summed E-state index contributed by atoms with van der Waals surface area (Å²) in [5, 5.41) is 11.1. The normalized spacial score (nSPS) is 12.6. The third-order valence-corrected chi connectivity index (χ3v) is 4.52. The molecule has 1 amide bonds. The number of nitrogens with one attached hydrogen (secondary N) is 1. The first kappa shape index (κ1) is 18.8. The lowest BCUT2D eigenvalue weighted by Crippen LogP contribution is -2.48. The zero-order valence-electron chi connectivity index (χ0n) is 15.8. The van der Waals surface area contributed by atoms with Gasteiger partial charge in [-0.15, -0.1) is 10.2 Å². The van der Waals surface area contributed by atoms with Crippen LogP contribution in [0.3, 0.4) is 0 Å². The molecular formula is C21H24N4O2. The van der Waals surface area contributed by atoms with Gasteiger partial charge in [-0.1, -0.05) is 60.7 Å². The molecule has 0 aliphatic carbocycles. The van der Waals surface area contributed by atoms with E-state index in [1.54, 1.807) is 10.9 Å². The van der Waals surface area contributed by atoms with Crippen molar-refractivity contribution in [2.24, 2.45) is 7.05 Å². The van der Waals surface area contributed by atoms with Gasteiger partial charge in [-0.25, -0.2) is 0 Å². The lowest BCUT2D eigenvalue weighted by Gasteiger charge is -2.34. The van der Waals surface area contributed by atoms with Gasteiger partial charge in [0.25, 0.3) is 5.91 Å². The number of ether oxygens (including phenoxy) is 1. The van der Waals surface area contributed by atoms with Crippen molar-refractivity contribution in [3.8, 4) is 0 Å². The van der Waals surface area contributed by atoms with E-state index in [4.69, 9.17) is 4.74 Å². The molecule has 27 heavy (non-hydrogen) atoms. The quantitative estimate of drug-likeness (QED) is 0.700. The number of rotatable bonds is 7. The van der Waals surface area contributed by atoms with Crippen molar-refractivity contribution in [2.75, 3.05) is 6.61 Å². The van der Waals surface area contributed by atoms with Gasteiger partial charge >= 0.3 is 0 Å². The average molecular weight is 364 g/mol. The SMILES string of the molecule is CCOC(C(=O)N[C@@H](C)c1nncn1C)(c1ccccc1)c1ccccc1. The molecular weight excluding hydrogens is 340 g/mol. The summed E-state index contributed by atoms with van der Waals surface area (Å²) >= 11 is 0. The monoisotopic (exact) mass is 364 g/mol. The highest BCUT2D eigenvalue weighted by molar-refractivity contribution is 5.90. The molecule has 0 fully saturated rings. The fourth-order valence-electron chi connectivity index (χ4n) is 3.27. The minimum Gasteiger partial charge on any atom is -0.356 e. The van der Waals surface area contributed by atoms with E-state index in [1.807, 2.05) is 81.6 Å². The van der Waals surface area contributed by atoms with Gasteiger partial charge in [0.1, 0.15) is 6.33 Å². The Morgan fingerprint density at radius 1 is 1.11 bits per heavy atom. The zero-order chi connectivity index (χ0) is 19.3. The number of aryl methyl sites for hydroxylation is 1. The lowest BCUT2D eigenvalue weighted by atomic mass is 9.84. The summed E-state index contributed by atoms with van der Waals surface area (Å²) in [6.07, 6.45) is 1.61. The van der Waals surface area contributed by atoms with Gasteiger partial charge in [-0.05, 0) is 25.0 Å². The van der Waals surface area contributed by atoms with Crippen molar-refractivity contribution in [3.05, 3.63) is 83.9 Å². The van der Waals surface area contributed by atoms with Crippen LogP contribution >= 0.6 is 0 Å². The van der Waals surface area contributed by atoms with Gasteiger partial charge in [0.2, 0.25) is 0 Å². The third-order valence-electron chi connectivity index (χ3n) is 4.52. The first-order valence-corrected chi connectivity index (χ1v) is 8.99. The second kappa shape index (κ2) is 8.14.